The summed E-state index contributed by atoms with van der Waals surface area (Å²) in [7, 11) is 0. The summed E-state index contributed by atoms with van der Waals surface area (Å²) in [4.78, 5) is 11.8. The zero-order valence-corrected chi connectivity index (χ0v) is 9.35. The normalized spacial score (nSPS) is 16.2. The molecular weight excluding hydrogens is 192 g/mol. The van der Waals surface area contributed by atoms with E-state index in [1.165, 1.54) is 0 Å². The van der Waals surface area contributed by atoms with Crippen LogP contribution in [0.25, 0.3) is 0 Å². The molecule has 0 bridgehead atoms. The quantitative estimate of drug-likeness (QED) is 0.736. The Morgan fingerprint density at radius 3 is 2.80 bits per heavy atom. The first kappa shape index (κ1) is 10.5. The van der Waals surface area contributed by atoms with Gasteiger partial charge in [-0.1, -0.05) is 0 Å². The minimum atomic E-state index is 0.102. The maximum Gasteiger partial charge on any atom is 0.328 e. The highest BCUT2D eigenvalue weighted by molar-refractivity contribution is 4.91. The van der Waals surface area contributed by atoms with E-state index in [2.05, 4.69) is 0 Å². The van der Waals surface area contributed by atoms with Crippen LogP contribution in [0.15, 0.2) is 17.2 Å². The third kappa shape index (κ3) is 2.50. The number of imidazole rings is 1. The summed E-state index contributed by atoms with van der Waals surface area (Å²) >= 11 is 0. The van der Waals surface area contributed by atoms with Crippen molar-refractivity contribution in [3.05, 3.63) is 22.9 Å². The van der Waals surface area contributed by atoms with E-state index in [9.17, 15) is 4.79 Å². The fourth-order valence-corrected chi connectivity index (χ4v) is 1.62. The molecule has 1 aromatic heterocycles. The molecule has 0 spiro atoms. The number of ether oxygens (including phenoxy) is 1. The third-order valence-electron chi connectivity index (χ3n) is 2.60. The maximum atomic E-state index is 11.8. The molecule has 84 valence electrons. The van der Waals surface area contributed by atoms with Gasteiger partial charge in [-0.3, -0.25) is 9.13 Å². The van der Waals surface area contributed by atoms with Crippen molar-refractivity contribution < 1.29 is 4.74 Å². The van der Waals surface area contributed by atoms with Crippen molar-refractivity contribution in [1.82, 2.24) is 9.13 Å². The van der Waals surface area contributed by atoms with Crippen LogP contribution in [-0.2, 0) is 11.3 Å². The maximum absolute atomic E-state index is 11.8. The van der Waals surface area contributed by atoms with Crippen LogP contribution in [0.2, 0.25) is 0 Å². The molecule has 1 aliphatic rings. The highest BCUT2D eigenvalue weighted by Crippen LogP contribution is 2.33. The van der Waals surface area contributed by atoms with E-state index >= 15 is 0 Å². The Hall–Kier alpha value is -1.03. The third-order valence-corrected chi connectivity index (χ3v) is 2.60. The number of hydrogen-bond donors (Lipinski definition) is 0. The van der Waals surface area contributed by atoms with Gasteiger partial charge in [0, 0.05) is 18.4 Å². The zero-order chi connectivity index (χ0) is 10.8. The Kier molecular flexibility index (Phi) is 2.95. The van der Waals surface area contributed by atoms with Gasteiger partial charge in [-0.2, -0.15) is 0 Å². The molecule has 0 amide bonds. The summed E-state index contributed by atoms with van der Waals surface area (Å²) in [5.41, 5.74) is 0.102. The molecule has 1 aliphatic carbocycles. The number of nitrogens with zero attached hydrogens (tertiary/aromatic N) is 2. The minimum Gasteiger partial charge on any atom is -0.377 e. The van der Waals surface area contributed by atoms with Crippen molar-refractivity contribution in [1.29, 1.82) is 0 Å². The van der Waals surface area contributed by atoms with Gasteiger partial charge in [0.1, 0.15) is 0 Å². The average molecular weight is 210 g/mol. The van der Waals surface area contributed by atoms with E-state index in [0.29, 0.717) is 19.2 Å². The number of rotatable bonds is 5. The molecular formula is C11H18N2O2. The van der Waals surface area contributed by atoms with Gasteiger partial charge in [0.25, 0.3) is 0 Å². The molecule has 1 saturated carbocycles. The van der Waals surface area contributed by atoms with E-state index in [1.807, 2.05) is 30.8 Å². The van der Waals surface area contributed by atoms with Gasteiger partial charge in [-0.05, 0) is 26.7 Å². The predicted octanol–water partition coefficient (Wildman–Crippen LogP) is 1.41. The molecule has 1 aromatic rings. The molecule has 4 heteroatoms. The monoisotopic (exact) mass is 210 g/mol. The lowest BCUT2D eigenvalue weighted by molar-refractivity contribution is 0.0722. The van der Waals surface area contributed by atoms with E-state index in [1.54, 1.807) is 4.57 Å². The minimum absolute atomic E-state index is 0.102. The molecule has 0 N–H and O–H groups in total. The van der Waals surface area contributed by atoms with Crippen LogP contribution in [0.5, 0.6) is 0 Å². The Balaban J connectivity index is 1.94. The summed E-state index contributed by atoms with van der Waals surface area (Å²) in [6.07, 6.45) is 6.25. The molecule has 0 saturated heterocycles. The number of hydrogen-bond acceptors (Lipinski definition) is 2. The predicted molar refractivity (Wildman–Crippen MR) is 58.1 cm³/mol. The average Bonchev–Trinajstić information content (AvgIpc) is 2.94. The van der Waals surface area contributed by atoms with Gasteiger partial charge in [0.15, 0.2) is 0 Å². The first-order valence-corrected chi connectivity index (χ1v) is 5.57. The summed E-state index contributed by atoms with van der Waals surface area (Å²) in [6.45, 7) is 5.25. The lowest BCUT2D eigenvalue weighted by Crippen LogP contribution is -2.25. The molecule has 2 rings (SSSR count). The molecule has 15 heavy (non-hydrogen) atoms. The van der Waals surface area contributed by atoms with Crippen LogP contribution in [0.4, 0.5) is 0 Å². The molecule has 0 unspecified atom stereocenters. The smallest absolute Gasteiger partial charge is 0.328 e. The highest BCUT2D eigenvalue weighted by Gasteiger charge is 2.25. The Bertz CT molecular complexity index is 374. The second-order valence-corrected chi connectivity index (χ2v) is 4.33. The second kappa shape index (κ2) is 4.23. The Morgan fingerprint density at radius 1 is 1.47 bits per heavy atom. The van der Waals surface area contributed by atoms with Gasteiger partial charge >= 0.3 is 5.69 Å². The van der Waals surface area contributed by atoms with Gasteiger partial charge in [-0.25, -0.2) is 4.79 Å². The fourth-order valence-electron chi connectivity index (χ4n) is 1.62. The summed E-state index contributed by atoms with van der Waals surface area (Å²) in [5, 5.41) is 0. The van der Waals surface area contributed by atoms with E-state index in [4.69, 9.17) is 4.74 Å². The van der Waals surface area contributed by atoms with Crippen molar-refractivity contribution in [2.75, 3.05) is 6.61 Å². The highest BCUT2D eigenvalue weighted by atomic mass is 16.5. The van der Waals surface area contributed by atoms with Gasteiger partial charge in [-0.15, -0.1) is 0 Å². The molecule has 0 radical (unpaired) electrons. The molecule has 0 aliphatic heterocycles. The van der Waals surface area contributed by atoms with Crippen molar-refractivity contribution in [2.24, 2.45) is 0 Å². The zero-order valence-electron chi connectivity index (χ0n) is 9.35. The van der Waals surface area contributed by atoms with Crippen LogP contribution < -0.4 is 5.69 Å². The fraction of sp³-hybridized carbons (Fsp3) is 0.727. The standard InChI is InChI=1S/C11H18N2O2/c1-9(2)15-8-7-12-5-6-13(11(12)14)10-3-4-10/h5-6,9-10H,3-4,7-8H2,1-2H3. The van der Waals surface area contributed by atoms with Gasteiger partial charge in [0.2, 0.25) is 0 Å². The van der Waals surface area contributed by atoms with Crippen LogP contribution in [-0.4, -0.2) is 21.8 Å². The first-order valence-electron chi connectivity index (χ1n) is 5.57. The lowest BCUT2D eigenvalue weighted by atomic mass is 10.5. The van der Waals surface area contributed by atoms with Crippen LogP contribution >= 0.6 is 0 Å². The Labute approximate surface area is 89.5 Å². The Morgan fingerprint density at radius 2 is 2.20 bits per heavy atom. The van der Waals surface area contributed by atoms with Crippen molar-refractivity contribution in [3.8, 4) is 0 Å². The van der Waals surface area contributed by atoms with Gasteiger partial charge < -0.3 is 4.74 Å². The SMILES string of the molecule is CC(C)OCCn1ccn(C2CC2)c1=O. The molecule has 1 fully saturated rings. The van der Waals surface area contributed by atoms with E-state index in [0.717, 1.165) is 12.8 Å². The summed E-state index contributed by atoms with van der Waals surface area (Å²) in [6, 6.07) is 0.463. The summed E-state index contributed by atoms with van der Waals surface area (Å²) in [5.74, 6) is 0. The first-order chi connectivity index (χ1) is 7.18. The van der Waals surface area contributed by atoms with Crippen molar-refractivity contribution >= 4 is 0 Å². The molecule has 1 heterocycles. The van der Waals surface area contributed by atoms with Crippen molar-refractivity contribution in [3.63, 3.8) is 0 Å². The van der Waals surface area contributed by atoms with Crippen LogP contribution in [0, 0.1) is 0 Å². The molecule has 0 atom stereocenters. The van der Waals surface area contributed by atoms with Crippen LogP contribution in [0.3, 0.4) is 0 Å². The van der Waals surface area contributed by atoms with E-state index in [-0.39, 0.29) is 11.8 Å². The largest absolute Gasteiger partial charge is 0.377 e. The van der Waals surface area contributed by atoms with E-state index < -0.39 is 0 Å². The van der Waals surface area contributed by atoms with Gasteiger partial charge in [0.05, 0.1) is 19.3 Å². The summed E-state index contributed by atoms with van der Waals surface area (Å²) < 4.78 is 8.97. The molecule has 0 aromatic carbocycles. The molecule has 4 nitrogen and oxygen atoms in total. The number of aromatic nitrogens is 2. The second-order valence-electron chi connectivity index (χ2n) is 4.33. The van der Waals surface area contributed by atoms with Crippen molar-refractivity contribution in [2.45, 2.75) is 45.4 Å². The topological polar surface area (TPSA) is 36.2 Å². The van der Waals surface area contributed by atoms with Crippen LogP contribution in [0.1, 0.15) is 32.7 Å². The lowest BCUT2D eigenvalue weighted by Gasteiger charge is -2.07.